The minimum absolute atomic E-state index is 0.0607. The first-order chi connectivity index (χ1) is 11.2. The van der Waals surface area contributed by atoms with Crippen LogP contribution in [0, 0.1) is 0 Å². The molecular weight excluding hydrogens is 292 g/mol. The van der Waals surface area contributed by atoms with Gasteiger partial charge in [-0.2, -0.15) is 5.10 Å². The van der Waals surface area contributed by atoms with E-state index in [1.54, 1.807) is 0 Å². The molecule has 1 aromatic carbocycles. The minimum Gasteiger partial charge on any atom is -0.486 e. The Bertz CT molecular complexity index is 677. The molecule has 1 unspecified atom stereocenters. The molecule has 0 bridgehead atoms. The van der Waals surface area contributed by atoms with Crippen LogP contribution < -0.4 is 14.4 Å². The van der Waals surface area contributed by atoms with E-state index < -0.39 is 0 Å². The Balaban J connectivity index is 1.69. The lowest BCUT2D eigenvalue weighted by molar-refractivity contribution is 0.0958. The summed E-state index contributed by atoms with van der Waals surface area (Å²) in [6, 6.07) is 7.72. The Morgan fingerprint density at radius 3 is 2.57 bits per heavy atom. The van der Waals surface area contributed by atoms with Crippen molar-refractivity contribution in [3.8, 4) is 11.5 Å². The third kappa shape index (κ3) is 3.36. The summed E-state index contributed by atoms with van der Waals surface area (Å²) < 4.78 is 11.7. The number of fused-ring (bicyclic) bond motifs is 1. The first-order valence-electron chi connectivity index (χ1n) is 8.03. The van der Waals surface area contributed by atoms with Gasteiger partial charge in [0.1, 0.15) is 6.61 Å². The Morgan fingerprint density at radius 2 is 1.83 bits per heavy atom. The quantitative estimate of drug-likeness (QED) is 0.844. The van der Waals surface area contributed by atoms with Crippen LogP contribution in [0.25, 0.3) is 0 Å². The van der Waals surface area contributed by atoms with E-state index in [2.05, 4.69) is 29.0 Å². The number of likely N-dealkylation sites (N-methyl/N-ethyl adjacent to an activating group) is 1. The van der Waals surface area contributed by atoms with Gasteiger partial charge in [0.05, 0.1) is 17.9 Å². The summed E-state index contributed by atoms with van der Waals surface area (Å²) in [7, 11) is 1.95. The number of aromatic nitrogens is 3. The van der Waals surface area contributed by atoms with Gasteiger partial charge >= 0.3 is 0 Å². The minimum atomic E-state index is -0.0607. The molecule has 0 N–H and O–H groups in total. The molecule has 1 aliphatic heterocycles. The van der Waals surface area contributed by atoms with Gasteiger partial charge in [0.15, 0.2) is 17.6 Å². The van der Waals surface area contributed by atoms with Crippen molar-refractivity contribution in [3.05, 3.63) is 35.7 Å². The zero-order chi connectivity index (χ0) is 16.2. The molecule has 2 aromatic rings. The number of aryl methyl sites for hydroxylation is 2. The second-order valence-corrected chi connectivity index (χ2v) is 5.59. The number of hydrogen-bond donors (Lipinski definition) is 0. The van der Waals surface area contributed by atoms with Gasteiger partial charge in [-0.15, -0.1) is 5.10 Å². The van der Waals surface area contributed by atoms with Crippen LogP contribution in [0.15, 0.2) is 24.3 Å². The molecule has 0 amide bonds. The molecule has 2 heterocycles. The summed E-state index contributed by atoms with van der Waals surface area (Å²) in [5.41, 5.74) is 1.98. The third-order valence-corrected chi connectivity index (χ3v) is 3.88. The van der Waals surface area contributed by atoms with E-state index in [1.165, 1.54) is 0 Å². The number of hydrogen-bond acceptors (Lipinski definition) is 6. The SMILES string of the molecule is CCc1nnc(N(C)CC2COc3ccccc3O2)nc1CC. The topological polar surface area (TPSA) is 60.4 Å². The maximum Gasteiger partial charge on any atom is 0.245 e. The average Bonchev–Trinajstić information content (AvgIpc) is 2.60. The van der Waals surface area contributed by atoms with E-state index in [1.807, 2.05) is 36.2 Å². The van der Waals surface area contributed by atoms with Crippen molar-refractivity contribution in [1.82, 2.24) is 15.2 Å². The van der Waals surface area contributed by atoms with Crippen LogP contribution in [0.5, 0.6) is 11.5 Å². The molecule has 0 saturated heterocycles. The Hall–Kier alpha value is -2.37. The van der Waals surface area contributed by atoms with Crippen molar-refractivity contribution in [2.45, 2.75) is 32.8 Å². The van der Waals surface area contributed by atoms with Gasteiger partial charge in [-0.25, -0.2) is 4.98 Å². The zero-order valence-corrected chi connectivity index (χ0v) is 13.8. The van der Waals surface area contributed by atoms with E-state index in [0.29, 0.717) is 19.1 Å². The maximum absolute atomic E-state index is 5.98. The van der Waals surface area contributed by atoms with Crippen LogP contribution in [-0.4, -0.2) is 41.5 Å². The monoisotopic (exact) mass is 314 g/mol. The molecule has 0 aliphatic carbocycles. The molecule has 1 atom stereocenters. The molecule has 6 nitrogen and oxygen atoms in total. The number of para-hydroxylation sites is 2. The maximum atomic E-state index is 5.98. The molecule has 23 heavy (non-hydrogen) atoms. The second-order valence-electron chi connectivity index (χ2n) is 5.59. The predicted octanol–water partition coefficient (Wildman–Crippen LogP) is 2.27. The van der Waals surface area contributed by atoms with E-state index in [-0.39, 0.29) is 6.10 Å². The third-order valence-electron chi connectivity index (χ3n) is 3.88. The summed E-state index contributed by atoms with van der Waals surface area (Å²) in [4.78, 5) is 6.59. The fourth-order valence-electron chi connectivity index (χ4n) is 2.63. The van der Waals surface area contributed by atoms with Crippen LogP contribution in [-0.2, 0) is 12.8 Å². The molecule has 0 fully saturated rings. The van der Waals surface area contributed by atoms with Crippen molar-refractivity contribution in [1.29, 1.82) is 0 Å². The van der Waals surface area contributed by atoms with Crippen molar-refractivity contribution >= 4 is 5.95 Å². The highest BCUT2D eigenvalue weighted by molar-refractivity contribution is 5.41. The smallest absolute Gasteiger partial charge is 0.245 e. The van der Waals surface area contributed by atoms with Gasteiger partial charge in [0.25, 0.3) is 0 Å². The van der Waals surface area contributed by atoms with Crippen LogP contribution in [0.3, 0.4) is 0 Å². The van der Waals surface area contributed by atoms with E-state index in [0.717, 1.165) is 35.7 Å². The van der Waals surface area contributed by atoms with Gasteiger partial charge in [-0.3, -0.25) is 0 Å². The Labute approximate surface area is 136 Å². The van der Waals surface area contributed by atoms with Gasteiger partial charge in [0.2, 0.25) is 5.95 Å². The van der Waals surface area contributed by atoms with Crippen LogP contribution in [0.1, 0.15) is 25.2 Å². The van der Waals surface area contributed by atoms with Crippen LogP contribution in [0.4, 0.5) is 5.95 Å². The lowest BCUT2D eigenvalue weighted by atomic mass is 10.2. The van der Waals surface area contributed by atoms with Crippen molar-refractivity contribution in [2.24, 2.45) is 0 Å². The van der Waals surface area contributed by atoms with Crippen LogP contribution in [0.2, 0.25) is 0 Å². The van der Waals surface area contributed by atoms with E-state index >= 15 is 0 Å². The highest BCUT2D eigenvalue weighted by Crippen LogP contribution is 2.31. The molecule has 0 spiro atoms. The van der Waals surface area contributed by atoms with E-state index in [9.17, 15) is 0 Å². The summed E-state index contributed by atoms with van der Waals surface area (Å²) in [5.74, 6) is 2.21. The van der Waals surface area contributed by atoms with Crippen molar-refractivity contribution in [3.63, 3.8) is 0 Å². The fraction of sp³-hybridized carbons (Fsp3) is 0.471. The highest BCUT2D eigenvalue weighted by Gasteiger charge is 2.23. The van der Waals surface area contributed by atoms with Crippen LogP contribution >= 0.6 is 0 Å². The molecule has 1 aliphatic rings. The molecule has 0 radical (unpaired) electrons. The number of rotatable bonds is 5. The average molecular weight is 314 g/mol. The highest BCUT2D eigenvalue weighted by atomic mass is 16.6. The van der Waals surface area contributed by atoms with Gasteiger partial charge in [-0.1, -0.05) is 26.0 Å². The lowest BCUT2D eigenvalue weighted by Crippen LogP contribution is -2.40. The molecule has 122 valence electrons. The summed E-state index contributed by atoms with van der Waals surface area (Å²) in [6.45, 7) is 5.31. The normalized spacial score (nSPS) is 16.2. The Kier molecular flexibility index (Phi) is 4.60. The van der Waals surface area contributed by atoms with Crippen molar-refractivity contribution < 1.29 is 9.47 Å². The Morgan fingerprint density at radius 1 is 1.09 bits per heavy atom. The van der Waals surface area contributed by atoms with E-state index in [4.69, 9.17) is 9.47 Å². The van der Waals surface area contributed by atoms with Crippen molar-refractivity contribution in [2.75, 3.05) is 25.1 Å². The lowest BCUT2D eigenvalue weighted by Gasteiger charge is -2.29. The first kappa shape index (κ1) is 15.5. The van der Waals surface area contributed by atoms with Gasteiger partial charge in [-0.05, 0) is 25.0 Å². The second kappa shape index (κ2) is 6.81. The summed E-state index contributed by atoms with van der Waals surface area (Å²) in [5, 5.41) is 8.53. The van der Waals surface area contributed by atoms with Gasteiger partial charge < -0.3 is 14.4 Å². The first-order valence-corrected chi connectivity index (χ1v) is 8.03. The molecular formula is C17H22N4O2. The predicted molar refractivity (Wildman–Crippen MR) is 88.2 cm³/mol. The number of nitrogens with zero attached hydrogens (tertiary/aromatic N) is 4. The molecule has 0 saturated carbocycles. The zero-order valence-electron chi connectivity index (χ0n) is 13.8. The number of ether oxygens (including phenoxy) is 2. The number of anilines is 1. The standard InChI is InChI=1S/C17H22N4O2/c1-4-13-14(5-2)19-20-17(18-13)21(3)10-12-11-22-15-8-6-7-9-16(15)23-12/h6-9,12H,4-5,10-11H2,1-3H3. The fourth-order valence-corrected chi connectivity index (χ4v) is 2.63. The van der Waals surface area contributed by atoms with Gasteiger partial charge in [0, 0.05) is 7.05 Å². The summed E-state index contributed by atoms with van der Waals surface area (Å²) in [6.07, 6.45) is 1.65. The largest absolute Gasteiger partial charge is 0.486 e. The molecule has 6 heteroatoms. The molecule has 1 aromatic heterocycles. The number of benzene rings is 1. The molecule has 3 rings (SSSR count). The summed E-state index contributed by atoms with van der Waals surface area (Å²) >= 11 is 0.